The zero-order valence-electron chi connectivity index (χ0n) is 15.4. The number of esters is 1. The van der Waals surface area contributed by atoms with Crippen molar-refractivity contribution in [2.45, 2.75) is 46.3 Å². The summed E-state index contributed by atoms with van der Waals surface area (Å²) in [7, 11) is 0. The molecule has 0 aliphatic rings. The van der Waals surface area contributed by atoms with Gasteiger partial charge in [0, 0.05) is 16.2 Å². The number of hydrogen-bond donors (Lipinski definition) is 0. The third-order valence-electron chi connectivity index (χ3n) is 3.49. The number of ether oxygens (including phenoxy) is 2. The van der Waals surface area contributed by atoms with E-state index >= 15 is 0 Å². The van der Waals surface area contributed by atoms with Gasteiger partial charge in [-0.25, -0.2) is 14.5 Å². The Labute approximate surface area is 162 Å². The van der Waals surface area contributed by atoms with Crippen LogP contribution in [0.5, 0.6) is 11.8 Å². The summed E-state index contributed by atoms with van der Waals surface area (Å²) in [6, 6.07) is 0.877. The van der Waals surface area contributed by atoms with Gasteiger partial charge in [-0.05, 0) is 56.6 Å². The summed E-state index contributed by atoms with van der Waals surface area (Å²) in [4.78, 5) is 15.9. The van der Waals surface area contributed by atoms with Gasteiger partial charge in [0.05, 0.1) is 12.1 Å². The van der Waals surface area contributed by atoms with E-state index in [2.05, 4.69) is 26.0 Å². The van der Waals surface area contributed by atoms with Crippen LogP contribution in [0, 0.1) is 6.92 Å². The summed E-state index contributed by atoms with van der Waals surface area (Å²) in [5.74, 6) is -1.32. The molecular weight excluding hydrogens is 431 g/mol. The molecular formula is C17H19BrF3N3O3. The molecule has 2 aromatic heterocycles. The van der Waals surface area contributed by atoms with E-state index < -0.39 is 29.1 Å². The molecule has 0 spiro atoms. The lowest BCUT2D eigenvalue weighted by Crippen LogP contribution is -2.24. The lowest BCUT2D eigenvalue weighted by Gasteiger charge is -2.22. The van der Waals surface area contributed by atoms with E-state index in [9.17, 15) is 18.0 Å². The van der Waals surface area contributed by atoms with Crippen LogP contribution in [0.25, 0.3) is 0 Å². The molecule has 0 atom stereocenters. The SMILES string of the molecule is CCOC(=O)c1nn(C(C)(C)C)c(Oc2ncc(Br)cc2C(F)(F)F)c1C. The van der Waals surface area contributed by atoms with Crippen molar-refractivity contribution in [2.24, 2.45) is 0 Å². The molecule has 2 heterocycles. The molecule has 0 saturated carbocycles. The highest BCUT2D eigenvalue weighted by Crippen LogP contribution is 2.40. The Morgan fingerprint density at radius 2 is 1.93 bits per heavy atom. The van der Waals surface area contributed by atoms with Crippen LogP contribution in [-0.2, 0) is 16.5 Å². The van der Waals surface area contributed by atoms with Crippen LogP contribution in [-0.4, -0.2) is 27.3 Å². The van der Waals surface area contributed by atoms with Crippen LogP contribution in [0.2, 0.25) is 0 Å². The lowest BCUT2D eigenvalue weighted by atomic mass is 10.1. The van der Waals surface area contributed by atoms with Crippen molar-refractivity contribution in [3.63, 3.8) is 0 Å². The lowest BCUT2D eigenvalue weighted by molar-refractivity contribution is -0.139. The standard InChI is InChI=1S/C17H19BrF3N3O3/c1-6-26-15(25)12-9(2)14(24(23-12)16(3,4)5)27-13-11(17(19,20)21)7-10(18)8-22-13/h7-8H,6H2,1-5H3. The van der Waals surface area contributed by atoms with Crippen molar-refractivity contribution in [3.8, 4) is 11.8 Å². The Morgan fingerprint density at radius 1 is 1.30 bits per heavy atom. The Balaban J connectivity index is 2.61. The zero-order valence-corrected chi connectivity index (χ0v) is 17.0. The molecule has 0 radical (unpaired) electrons. The number of carbonyl (C=O) groups is 1. The summed E-state index contributed by atoms with van der Waals surface area (Å²) in [5, 5.41) is 4.20. The predicted octanol–water partition coefficient (Wildman–Crippen LogP) is 5.09. The van der Waals surface area contributed by atoms with Crippen LogP contribution in [0.1, 0.15) is 49.3 Å². The maximum Gasteiger partial charge on any atom is 0.421 e. The fraction of sp³-hybridized carbons (Fsp3) is 0.471. The largest absolute Gasteiger partial charge is 0.461 e. The molecule has 148 valence electrons. The summed E-state index contributed by atoms with van der Waals surface area (Å²) >= 11 is 2.98. The fourth-order valence-corrected chi connectivity index (χ4v) is 2.58. The van der Waals surface area contributed by atoms with E-state index in [1.54, 1.807) is 27.7 Å². The number of pyridine rings is 1. The molecule has 0 aliphatic heterocycles. The minimum absolute atomic E-state index is 0.00845. The smallest absolute Gasteiger partial charge is 0.421 e. The average Bonchev–Trinajstić information content (AvgIpc) is 2.85. The Morgan fingerprint density at radius 3 is 2.44 bits per heavy atom. The number of nitrogens with zero attached hydrogens (tertiary/aromatic N) is 3. The number of rotatable bonds is 4. The third kappa shape index (κ3) is 4.60. The zero-order chi connectivity index (χ0) is 20.6. The van der Waals surface area contributed by atoms with Crippen LogP contribution in [0.3, 0.4) is 0 Å². The van der Waals surface area contributed by atoms with Gasteiger partial charge in [0.15, 0.2) is 5.69 Å². The summed E-state index contributed by atoms with van der Waals surface area (Å²) < 4.78 is 52.1. The maximum absolute atomic E-state index is 13.4. The van der Waals surface area contributed by atoms with Crippen molar-refractivity contribution in [2.75, 3.05) is 6.61 Å². The highest BCUT2D eigenvalue weighted by Gasteiger charge is 2.37. The van der Waals surface area contributed by atoms with Crippen molar-refractivity contribution >= 4 is 21.9 Å². The number of halogens is 4. The minimum atomic E-state index is -4.67. The molecule has 2 aromatic rings. The molecule has 0 bridgehead atoms. The minimum Gasteiger partial charge on any atom is -0.461 e. The first-order chi connectivity index (χ1) is 12.4. The van der Waals surface area contributed by atoms with Crippen LogP contribution in [0.4, 0.5) is 13.2 Å². The van der Waals surface area contributed by atoms with Crippen LogP contribution in [0.15, 0.2) is 16.7 Å². The molecule has 10 heteroatoms. The van der Waals surface area contributed by atoms with Gasteiger partial charge in [-0.3, -0.25) is 0 Å². The first kappa shape index (κ1) is 21.2. The quantitative estimate of drug-likeness (QED) is 0.607. The van der Waals surface area contributed by atoms with Gasteiger partial charge < -0.3 is 9.47 Å². The third-order valence-corrected chi connectivity index (χ3v) is 3.92. The normalized spacial score (nSPS) is 12.2. The second kappa shape index (κ2) is 7.49. The molecule has 27 heavy (non-hydrogen) atoms. The molecule has 0 amide bonds. The van der Waals surface area contributed by atoms with E-state index in [4.69, 9.17) is 9.47 Å². The van der Waals surface area contributed by atoms with Gasteiger partial charge in [-0.2, -0.15) is 18.3 Å². The highest BCUT2D eigenvalue weighted by atomic mass is 79.9. The maximum atomic E-state index is 13.4. The van der Waals surface area contributed by atoms with Gasteiger partial charge in [-0.1, -0.05) is 0 Å². The topological polar surface area (TPSA) is 66.2 Å². The molecule has 0 aromatic carbocycles. The number of aromatic nitrogens is 3. The van der Waals surface area contributed by atoms with E-state index in [-0.39, 0.29) is 28.2 Å². The monoisotopic (exact) mass is 449 g/mol. The number of carbonyl (C=O) groups excluding carboxylic acids is 1. The van der Waals surface area contributed by atoms with Crippen molar-refractivity contribution < 1.29 is 27.4 Å². The average molecular weight is 450 g/mol. The molecule has 2 rings (SSSR count). The molecule has 0 aliphatic carbocycles. The van der Waals surface area contributed by atoms with E-state index in [1.807, 2.05) is 0 Å². The van der Waals surface area contributed by atoms with E-state index in [0.29, 0.717) is 0 Å². The van der Waals surface area contributed by atoms with Crippen molar-refractivity contribution in [1.82, 2.24) is 14.8 Å². The molecule has 6 nitrogen and oxygen atoms in total. The predicted molar refractivity (Wildman–Crippen MR) is 94.9 cm³/mol. The van der Waals surface area contributed by atoms with Gasteiger partial charge in [0.2, 0.25) is 11.8 Å². The van der Waals surface area contributed by atoms with Gasteiger partial charge in [0.25, 0.3) is 0 Å². The molecule has 0 N–H and O–H groups in total. The van der Waals surface area contributed by atoms with Crippen molar-refractivity contribution in [1.29, 1.82) is 0 Å². The van der Waals surface area contributed by atoms with E-state index in [1.165, 1.54) is 17.8 Å². The number of alkyl halides is 3. The highest BCUT2D eigenvalue weighted by molar-refractivity contribution is 9.10. The number of hydrogen-bond acceptors (Lipinski definition) is 5. The van der Waals surface area contributed by atoms with Gasteiger partial charge in [0.1, 0.15) is 5.56 Å². The molecule has 0 fully saturated rings. The van der Waals surface area contributed by atoms with Gasteiger partial charge in [-0.15, -0.1) is 0 Å². The Bertz CT molecular complexity index is 858. The fourth-order valence-electron chi connectivity index (χ4n) is 2.25. The summed E-state index contributed by atoms with van der Waals surface area (Å²) in [5.41, 5.74) is -1.47. The first-order valence-electron chi connectivity index (χ1n) is 8.04. The second-order valence-corrected chi connectivity index (χ2v) is 7.60. The van der Waals surface area contributed by atoms with Crippen LogP contribution < -0.4 is 4.74 Å². The van der Waals surface area contributed by atoms with Gasteiger partial charge >= 0.3 is 12.1 Å². The van der Waals surface area contributed by atoms with Crippen molar-refractivity contribution in [3.05, 3.63) is 33.6 Å². The Hall–Kier alpha value is -2.10. The molecule has 0 unspecified atom stereocenters. The second-order valence-electron chi connectivity index (χ2n) is 6.69. The first-order valence-corrected chi connectivity index (χ1v) is 8.83. The van der Waals surface area contributed by atoms with Crippen LogP contribution >= 0.6 is 15.9 Å². The van der Waals surface area contributed by atoms with E-state index in [0.717, 1.165) is 6.07 Å². The summed E-state index contributed by atoms with van der Waals surface area (Å²) in [6.45, 7) is 8.65. The summed E-state index contributed by atoms with van der Waals surface area (Å²) in [6.07, 6.45) is -3.47. The molecule has 0 saturated heterocycles. The Kier molecular flexibility index (Phi) is 5.88.